The Morgan fingerprint density at radius 1 is 1.30 bits per heavy atom. The zero-order valence-electron chi connectivity index (χ0n) is 16.0. The fourth-order valence-electron chi connectivity index (χ4n) is 3.40. The van der Waals surface area contributed by atoms with Crippen LogP contribution in [-0.2, 0) is 20.7 Å². The number of carbonyl (C=O) groups excluding carboxylic acids is 2. The molecule has 0 aromatic heterocycles. The molecule has 1 aliphatic carbocycles. The Labute approximate surface area is 160 Å². The summed E-state index contributed by atoms with van der Waals surface area (Å²) in [6.45, 7) is 2.18. The number of Topliss-reactive ketones (excluding diaryl/α,β-unsaturated/α-hetero) is 1. The van der Waals surface area contributed by atoms with Gasteiger partial charge in [0.25, 0.3) is 0 Å². The molecule has 0 radical (unpaired) electrons. The van der Waals surface area contributed by atoms with Gasteiger partial charge in [0.05, 0.1) is 25.8 Å². The summed E-state index contributed by atoms with van der Waals surface area (Å²) in [5, 5.41) is 2.87. The average molecular weight is 372 g/mol. The number of nitrogens with two attached hydrogens (primary N) is 1. The van der Waals surface area contributed by atoms with Crippen LogP contribution < -0.4 is 15.8 Å². The number of ketones is 1. The molecule has 1 aliphatic heterocycles. The number of rotatable bonds is 9. The van der Waals surface area contributed by atoms with Crippen LogP contribution in [0.5, 0.6) is 5.75 Å². The molecule has 1 aromatic rings. The highest BCUT2D eigenvalue weighted by Gasteiger charge is 2.50. The third-order valence-corrected chi connectivity index (χ3v) is 5.28. The Morgan fingerprint density at radius 3 is 2.56 bits per heavy atom. The van der Waals surface area contributed by atoms with Crippen LogP contribution in [0.15, 0.2) is 35.9 Å². The van der Waals surface area contributed by atoms with Crippen molar-refractivity contribution in [2.45, 2.75) is 56.7 Å². The van der Waals surface area contributed by atoms with Crippen molar-refractivity contribution in [1.29, 1.82) is 0 Å². The maximum absolute atomic E-state index is 12.8. The molecule has 3 atom stereocenters. The van der Waals surface area contributed by atoms with Crippen LogP contribution in [0, 0.1) is 0 Å². The Hall–Kier alpha value is -2.18. The van der Waals surface area contributed by atoms with E-state index in [1.807, 2.05) is 24.3 Å². The molecule has 146 valence electrons. The van der Waals surface area contributed by atoms with Crippen molar-refractivity contribution >= 4 is 11.7 Å². The number of nitrogens with one attached hydrogen (secondary N) is 1. The second kappa shape index (κ2) is 8.23. The summed E-state index contributed by atoms with van der Waals surface area (Å²) in [6, 6.07) is 6.14. The molecule has 1 fully saturated rings. The van der Waals surface area contributed by atoms with Crippen LogP contribution in [0.25, 0.3) is 0 Å². The minimum atomic E-state index is -0.767. The van der Waals surface area contributed by atoms with Gasteiger partial charge in [-0.05, 0) is 56.7 Å². The first-order valence-electron chi connectivity index (χ1n) is 9.46. The minimum absolute atomic E-state index is 0.0692. The average Bonchev–Trinajstić information content (AvgIpc) is 3.21. The Morgan fingerprint density at radius 2 is 2.00 bits per heavy atom. The number of amides is 1. The van der Waals surface area contributed by atoms with Gasteiger partial charge in [0.15, 0.2) is 5.78 Å². The Bertz CT molecular complexity index is 722. The molecule has 0 bridgehead atoms. The standard InChI is InChI=1S/C21H28N2O4/c1-21(13-27-21)19(24)18(12-14-5-3-4-6-14)23-20(25)17(22)11-15-7-9-16(26-2)10-8-15/h5,7-10,17-18H,3-4,6,11-13,22H2,1-2H3,(H,23,25)/t17-,18-,21+/m0/s1. The van der Waals surface area contributed by atoms with E-state index in [0.717, 1.165) is 30.6 Å². The number of hydrogen-bond acceptors (Lipinski definition) is 5. The van der Waals surface area contributed by atoms with E-state index in [0.29, 0.717) is 19.4 Å². The number of allylic oxidation sites excluding steroid dienone is 1. The molecule has 3 N–H and O–H groups in total. The Balaban J connectivity index is 1.62. The van der Waals surface area contributed by atoms with E-state index in [2.05, 4.69) is 11.4 Å². The first-order valence-corrected chi connectivity index (χ1v) is 9.46. The highest BCUT2D eigenvalue weighted by atomic mass is 16.6. The van der Waals surface area contributed by atoms with Gasteiger partial charge in [-0.1, -0.05) is 23.8 Å². The van der Waals surface area contributed by atoms with Gasteiger partial charge in [-0.25, -0.2) is 0 Å². The largest absolute Gasteiger partial charge is 0.497 e. The van der Waals surface area contributed by atoms with Crippen LogP contribution in [-0.4, -0.2) is 43.1 Å². The molecule has 1 aromatic carbocycles. The lowest BCUT2D eigenvalue weighted by molar-refractivity contribution is -0.131. The molecule has 3 rings (SSSR count). The third kappa shape index (κ3) is 4.96. The van der Waals surface area contributed by atoms with Crippen molar-refractivity contribution in [3.05, 3.63) is 41.5 Å². The van der Waals surface area contributed by atoms with Gasteiger partial charge in [0.1, 0.15) is 11.4 Å². The van der Waals surface area contributed by atoms with E-state index in [4.69, 9.17) is 15.2 Å². The second-order valence-electron chi connectivity index (χ2n) is 7.56. The molecule has 0 spiro atoms. The lowest BCUT2D eigenvalue weighted by Gasteiger charge is -2.22. The summed E-state index contributed by atoms with van der Waals surface area (Å²) in [4.78, 5) is 25.4. The fourth-order valence-corrected chi connectivity index (χ4v) is 3.40. The molecule has 2 aliphatic rings. The summed E-state index contributed by atoms with van der Waals surface area (Å²) in [6.07, 6.45) is 6.23. The summed E-state index contributed by atoms with van der Waals surface area (Å²) < 4.78 is 10.4. The zero-order valence-corrected chi connectivity index (χ0v) is 16.0. The molecule has 27 heavy (non-hydrogen) atoms. The zero-order chi connectivity index (χ0) is 19.4. The highest BCUT2D eigenvalue weighted by Crippen LogP contribution is 2.31. The maximum Gasteiger partial charge on any atom is 0.237 e. The van der Waals surface area contributed by atoms with Crippen LogP contribution in [0.3, 0.4) is 0 Å². The van der Waals surface area contributed by atoms with E-state index >= 15 is 0 Å². The van der Waals surface area contributed by atoms with Gasteiger partial charge in [-0.15, -0.1) is 0 Å². The number of ether oxygens (including phenoxy) is 2. The fraction of sp³-hybridized carbons (Fsp3) is 0.524. The van der Waals surface area contributed by atoms with Gasteiger partial charge in [-0.2, -0.15) is 0 Å². The van der Waals surface area contributed by atoms with Gasteiger partial charge in [0.2, 0.25) is 5.91 Å². The highest BCUT2D eigenvalue weighted by molar-refractivity contribution is 5.97. The lowest BCUT2D eigenvalue weighted by atomic mass is 9.94. The quantitative estimate of drug-likeness (QED) is 0.510. The molecule has 1 heterocycles. The molecule has 0 unspecified atom stereocenters. The molecule has 6 heteroatoms. The van der Waals surface area contributed by atoms with Crippen LogP contribution >= 0.6 is 0 Å². The Kier molecular flexibility index (Phi) is 5.97. The maximum atomic E-state index is 12.8. The summed E-state index contributed by atoms with van der Waals surface area (Å²) in [5.41, 5.74) is 7.50. The monoisotopic (exact) mass is 372 g/mol. The molecule has 0 saturated carbocycles. The van der Waals surface area contributed by atoms with E-state index < -0.39 is 17.7 Å². The number of hydrogen-bond donors (Lipinski definition) is 2. The number of methoxy groups -OCH3 is 1. The van der Waals surface area contributed by atoms with Crippen molar-refractivity contribution in [3.63, 3.8) is 0 Å². The van der Waals surface area contributed by atoms with E-state index in [-0.39, 0.29) is 11.7 Å². The van der Waals surface area contributed by atoms with Gasteiger partial charge < -0.3 is 20.5 Å². The molecular formula is C21H28N2O4. The molecule has 6 nitrogen and oxygen atoms in total. The predicted molar refractivity (Wildman–Crippen MR) is 103 cm³/mol. The molecule has 1 saturated heterocycles. The summed E-state index contributed by atoms with van der Waals surface area (Å²) >= 11 is 0. The SMILES string of the molecule is COc1ccc(C[C@H](N)C(=O)N[C@@H](CC2=CCCC2)C(=O)[C@@]2(C)CO2)cc1. The van der Waals surface area contributed by atoms with Crippen LogP contribution in [0.2, 0.25) is 0 Å². The van der Waals surface area contributed by atoms with Gasteiger partial charge in [-0.3, -0.25) is 9.59 Å². The normalized spacial score (nSPS) is 23.3. The van der Waals surface area contributed by atoms with Crippen molar-refractivity contribution < 1.29 is 19.1 Å². The first-order chi connectivity index (χ1) is 12.9. The van der Waals surface area contributed by atoms with Crippen LogP contribution in [0.4, 0.5) is 0 Å². The van der Waals surface area contributed by atoms with Crippen molar-refractivity contribution in [2.24, 2.45) is 5.73 Å². The topological polar surface area (TPSA) is 93.9 Å². The van der Waals surface area contributed by atoms with Crippen molar-refractivity contribution in [1.82, 2.24) is 5.32 Å². The number of epoxide rings is 1. The van der Waals surface area contributed by atoms with E-state index in [1.54, 1.807) is 14.0 Å². The van der Waals surface area contributed by atoms with Gasteiger partial charge >= 0.3 is 0 Å². The predicted octanol–water partition coefficient (Wildman–Crippen LogP) is 1.91. The second-order valence-corrected chi connectivity index (χ2v) is 7.56. The third-order valence-electron chi connectivity index (χ3n) is 5.28. The lowest BCUT2D eigenvalue weighted by Crippen LogP contribution is -2.51. The van der Waals surface area contributed by atoms with Crippen molar-refractivity contribution in [2.75, 3.05) is 13.7 Å². The van der Waals surface area contributed by atoms with Crippen LogP contribution in [0.1, 0.15) is 38.2 Å². The molecule has 1 amide bonds. The van der Waals surface area contributed by atoms with E-state index in [9.17, 15) is 9.59 Å². The minimum Gasteiger partial charge on any atom is -0.497 e. The van der Waals surface area contributed by atoms with Crippen molar-refractivity contribution in [3.8, 4) is 5.75 Å². The van der Waals surface area contributed by atoms with Gasteiger partial charge in [0, 0.05) is 0 Å². The van der Waals surface area contributed by atoms with E-state index in [1.165, 1.54) is 5.57 Å². The summed E-state index contributed by atoms with van der Waals surface area (Å²) in [7, 11) is 1.61. The molecular weight excluding hydrogens is 344 g/mol. The number of benzene rings is 1. The smallest absolute Gasteiger partial charge is 0.237 e. The summed E-state index contributed by atoms with van der Waals surface area (Å²) in [5.74, 6) is 0.372. The first kappa shape index (κ1) is 19.6. The number of carbonyl (C=O) groups is 2.